The highest BCUT2D eigenvalue weighted by Crippen LogP contribution is 2.26. The minimum atomic E-state index is -0.679. The first-order valence-electron chi connectivity index (χ1n) is 6.22. The van der Waals surface area contributed by atoms with Crippen molar-refractivity contribution in [1.29, 1.82) is 0 Å². The van der Waals surface area contributed by atoms with Crippen LogP contribution in [0.25, 0.3) is 0 Å². The SMILES string of the molecule is CC(C)(O)CCN1CC2NCCCC2C1=O. The van der Waals surface area contributed by atoms with Crippen LogP contribution >= 0.6 is 0 Å². The van der Waals surface area contributed by atoms with E-state index < -0.39 is 5.60 Å². The van der Waals surface area contributed by atoms with E-state index in [1.165, 1.54) is 0 Å². The molecule has 0 radical (unpaired) electrons. The van der Waals surface area contributed by atoms with Gasteiger partial charge in [-0.2, -0.15) is 0 Å². The van der Waals surface area contributed by atoms with Crippen molar-refractivity contribution in [2.75, 3.05) is 19.6 Å². The summed E-state index contributed by atoms with van der Waals surface area (Å²) in [6, 6.07) is 0.350. The molecule has 4 nitrogen and oxygen atoms in total. The van der Waals surface area contributed by atoms with Gasteiger partial charge in [0.2, 0.25) is 5.91 Å². The fourth-order valence-corrected chi connectivity index (χ4v) is 2.61. The van der Waals surface area contributed by atoms with E-state index in [0.29, 0.717) is 19.0 Å². The quantitative estimate of drug-likeness (QED) is 0.730. The van der Waals surface area contributed by atoms with E-state index in [1.807, 2.05) is 4.90 Å². The van der Waals surface area contributed by atoms with Gasteiger partial charge in [-0.3, -0.25) is 4.79 Å². The number of rotatable bonds is 3. The van der Waals surface area contributed by atoms with Gasteiger partial charge < -0.3 is 15.3 Å². The van der Waals surface area contributed by atoms with Crippen LogP contribution in [-0.2, 0) is 4.79 Å². The molecule has 0 aromatic carbocycles. The zero-order valence-corrected chi connectivity index (χ0v) is 10.2. The largest absolute Gasteiger partial charge is 0.390 e. The highest BCUT2D eigenvalue weighted by atomic mass is 16.3. The van der Waals surface area contributed by atoms with Crippen molar-refractivity contribution < 1.29 is 9.90 Å². The molecule has 0 aromatic heterocycles. The van der Waals surface area contributed by atoms with Crippen molar-refractivity contribution in [3.05, 3.63) is 0 Å². The molecule has 0 saturated carbocycles. The van der Waals surface area contributed by atoms with Crippen molar-refractivity contribution >= 4 is 5.91 Å². The molecule has 4 heteroatoms. The number of likely N-dealkylation sites (tertiary alicyclic amines) is 1. The summed E-state index contributed by atoms with van der Waals surface area (Å²) in [4.78, 5) is 14.0. The zero-order chi connectivity index (χ0) is 11.8. The molecule has 2 aliphatic rings. The van der Waals surface area contributed by atoms with E-state index in [1.54, 1.807) is 13.8 Å². The number of carbonyl (C=O) groups excluding carboxylic acids is 1. The molecule has 0 spiro atoms. The Morgan fingerprint density at radius 1 is 1.56 bits per heavy atom. The molecule has 0 aliphatic carbocycles. The molecule has 2 unspecified atom stereocenters. The van der Waals surface area contributed by atoms with Gasteiger partial charge in [0, 0.05) is 19.1 Å². The second kappa shape index (κ2) is 4.34. The van der Waals surface area contributed by atoms with Gasteiger partial charge in [0.25, 0.3) is 0 Å². The number of piperidine rings is 1. The van der Waals surface area contributed by atoms with Crippen LogP contribution in [-0.4, -0.2) is 47.2 Å². The number of amides is 1. The fourth-order valence-electron chi connectivity index (χ4n) is 2.61. The van der Waals surface area contributed by atoms with Crippen molar-refractivity contribution in [2.24, 2.45) is 5.92 Å². The van der Waals surface area contributed by atoms with Crippen molar-refractivity contribution in [3.8, 4) is 0 Å². The molecular formula is C12H22N2O2. The number of nitrogens with zero attached hydrogens (tertiary/aromatic N) is 1. The minimum absolute atomic E-state index is 0.190. The van der Waals surface area contributed by atoms with Gasteiger partial charge in [0.05, 0.1) is 11.5 Å². The summed E-state index contributed by atoms with van der Waals surface area (Å²) in [5.74, 6) is 0.469. The van der Waals surface area contributed by atoms with Crippen LogP contribution in [0.5, 0.6) is 0 Å². The number of fused-ring (bicyclic) bond motifs is 1. The summed E-state index contributed by atoms with van der Waals surface area (Å²) in [5, 5.41) is 13.1. The van der Waals surface area contributed by atoms with E-state index >= 15 is 0 Å². The van der Waals surface area contributed by atoms with Crippen molar-refractivity contribution in [2.45, 2.75) is 44.8 Å². The second-order valence-electron chi connectivity index (χ2n) is 5.66. The van der Waals surface area contributed by atoms with Crippen LogP contribution in [0.4, 0.5) is 0 Å². The minimum Gasteiger partial charge on any atom is -0.390 e. The van der Waals surface area contributed by atoms with E-state index in [0.717, 1.165) is 25.9 Å². The lowest BCUT2D eigenvalue weighted by atomic mass is 9.94. The maximum Gasteiger partial charge on any atom is 0.227 e. The zero-order valence-electron chi connectivity index (χ0n) is 10.2. The monoisotopic (exact) mass is 226 g/mol. The Morgan fingerprint density at radius 3 is 2.94 bits per heavy atom. The van der Waals surface area contributed by atoms with Gasteiger partial charge in [0.15, 0.2) is 0 Å². The van der Waals surface area contributed by atoms with Crippen molar-refractivity contribution in [3.63, 3.8) is 0 Å². The molecule has 1 amide bonds. The summed E-state index contributed by atoms with van der Waals surface area (Å²) in [5.41, 5.74) is -0.679. The highest BCUT2D eigenvalue weighted by molar-refractivity contribution is 5.82. The Labute approximate surface area is 97.0 Å². The number of carbonyl (C=O) groups is 1. The Morgan fingerprint density at radius 2 is 2.31 bits per heavy atom. The van der Waals surface area contributed by atoms with E-state index in [2.05, 4.69) is 5.32 Å². The Kier molecular flexibility index (Phi) is 3.22. The normalized spacial score (nSPS) is 30.7. The highest BCUT2D eigenvalue weighted by Gasteiger charge is 2.41. The summed E-state index contributed by atoms with van der Waals surface area (Å²) >= 11 is 0. The maximum atomic E-state index is 12.1. The van der Waals surface area contributed by atoms with E-state index in [-0.39, 0.29) is 11.8 Å². The number of aliphatic hydroxyl groups is 1. The molecule has 0 aromatic rings. The van der Waals surface area contributed by atoms with Crippen LogP contribution in [0.3, 0.4) is 0 Å². The molecule has 92 valence electrons. The van der Waals surface area contributed by atoms with Crippen LogP contribution in [0, 0.1) is 5.92 Å². The van der Waals surface area contributed by atoms with Gasteiger partial charge >= 0.3 is 0 Å². The lowest BCUT2D eigenvalue weighted by Gasteiger charge is -2.23. The van der Waals surface area contributed by atoms with Crippen molar-refractivity contribution in [1.82, 2.24) is 10.2 Å². The molecule has 2 aliphatic heterocycles. The summed E-state index contributed by atoms with van der Waals surface area (Å²) in [6.07, 6.45) is 2.78. The Bertz CT molecular complexity index is 273. The molecule has 2 atom stereocenters. The smallest absolute Gasteiger partial charge is 0.227 e. The number of hydrogen-bond donors (Lipinski definition) is 2. The first-order chi connectivity index (χ1) is 7.47. The number of nitrogens with one attached hydrogen (secondary N) is 1. The topological polar surface area (TPSA) is 52.6 Å². The third-order valence-electron chi connectivity index (χ3n) is 3.62. The molecule has 0 bridgehead atoms. The molecular weight excluding hydrogens is 204 g/mol. The van der Waals surface area contributed by atoms with Gasteiger partial charge in [-0.05, 0) is 39.7 Å². The number of hydrogen-bond acceptors (Lipinski definition) is 3. The Balaban J connectivity index is 1.90. The third-order valence-corrected chi connectivity index (χ3v) is 3.62. The van der Waals surface area contributed by atoms with Crippen LogP contribution in [0.2, 0.25) is 0 Å². The third kappa shape index (κ3) is 2.55. The van der Waals surface area contributed by atoms with Gasteiger partial charge in [-0.25, -0.2) is 0 Å². The van der Waals surface area contributed by atoms with Gasteiger partial charge in [-0.1, -0.05) is 0 Å². The van der Waals surface area contributed by atoms with Crippen LogP contribution in [0.1, 0.15) is 33.1 Å². The lowest BCUT2D eigenvalue weighted by molar-refractivity contribution is -0.131. The maximum absolute atomic E-state index is 12.1. The average Bonchev–Trinajstić information content (AvgIpc) is 2.53. The summed E-state index contributed by atoms with van der Waals surface area (Å²) in [7, 11) is 0. The molecule has 2 fully saturated rings. The van der Waals surface area contributed by atoms with Gasteiger partial charge in [-0.15, -0.1) is 0 Å². The molecule has 16 heavy (non-hydrogen) atoms. The van der Waals surface area contributed by atoms with Gasteiger partial charge in [0.1, 0.15) is 0 Å². The standard InChI is InChI=1S/C12H22N2O2/c1-12(2,16)5-7-14-8-10-9(11(14)15)4-3-6-13-10/h9-10,13,16H,3-8H2,1-2H3. The predicted molar refractivity (Wildman–Crippen MR) is 62.0 cm³/mol. The van der Waals surface area contributed by atoms with Crippen LogP contribution in [0.15, 0.2) is 0 Å². The summed E-state index contributed by atoms with van der Waals surface area (Å²) in [6.45, 7) is 6.11. The lowest BCUT2D eigenvalue weighted by Crippen LogP contribution is -2.41. The fraction of sp³-hybridized carbons (Fsp3) is 0.917. The first kappa shape index (κ1) is 11.9. The molecule has 2 N–H and O–H groups in total. The molecule has 2 heterocycles. The average molecular weight is 226 g/mol. The summed E-state index contributed by atoms with van der Waals surface area (Å²) < 4.78 is 0. The molecule has 2 saturated heterocycles. The van der Waals surface area contributed by atoms with E-state index in [9.17, 15) is 9.90 Å². The molecule has 2 rings (SSSR count). The van der Waals surface area contributed by atoms with Crippen LogP contribution < -0.4 is 5.32 Å². The predicted octanol–water partition coefficient (Wildman–Crippen LogP) is 0.358. The first-order valence-corrected chi connectivity index (χ1v) is 6.22. The Hall–Kier alpha value is -0.610. The second-order valence-corrected chi connectivity index (χ2v) is 5.66. The van der Waals surface area contributed by atoms with E-state index in [4.69, 9.17) is 0 Å².